The number of nitrogens with one attached hydrogen (secondary N) is 1. The minimum atomic E-state index is 0.549. The Bertz CT molecular complexity index is 394. The van der Waals surface area contributed by atoms with Crippen molar-refractivity contribution in [2.45, 2.75) is 19.3 Å². The molecule has 1 atom stereocenters. The molecule has 0 saturated carbocycles. The number of nitriles is 1. The number of ether oxygens (including phenoxy) is 1. The molecule has 1 fully saturated rings. The predicted molar refractivity (Wildman–Crippen MR) is 64.7 cm³/mol. The molecule has 1 N–H and O–H groups in total. The van der Waals surface area contributed by atoms with Gasteiger partial charge in [0.25, 0.3) is 0 Å². The Morgan fingerprint density at radius 1 is 1.59 bits per heavy atom. The second-order valence-corrected chi connectivity index (χ2v) is 4.34. The van der Waals surface area contributed by atoms with Gasteiger partial charge in [-0.2, -0.15) is 5.26 Å². The minimum absolute atomic E-state index is 0.549. The van der Waals surface area contributed by atoms with E-state index in [1.54, 1.807) is 18.3 Å². The van der Waals surface area contributed by atoms with Gasteiger partial charge in [-0.25, -0.2) is 4.98 Å². The van der Waals surface area contributed by atoms with Gasteiger partial charge >= 0.3 is 0 Å². The summed E-state index contributed by atoms with van der Waals surface area (Å²) >= 11 is 0. The summed E-state index contributed by atoms with van der Waals surface area (Å²) in [5.74, 6) is 1.26. The van der Waals surface area contributed by atoms with Crippen molar-refractivity contribution in [2.75, 3.05) is 19.7 Å². The molecule has 0 aliphatic carbocycles. The lowest BCUT2D eigenvalue weighted by Gasteiger charge is -2.22. The van der Waals surface area contributed by atoms with Crippen LogP contribution in [0, 0.1) is 17.2 Å². The standard InChI is InChI=1S/C13H17N3O/c14-9-12-3-6-16-13(8-12)17-7-4-11-2-1-5-15-10-11/h3,6,8,11,15H,1-2,4-5,7,10H2. The smallest absolute Gasteiger partial charge is 0.214 e. The lowest BCUT2D eigenvalue weighted by molar-refractivity contribution is 0.247. The van der Waals surface area contributed by atoms with Crippen LogP contribution in [-0.2, 0) is 0 Å². The third-order valence-electron chi connectivity index (χ3n) is 3.04. The summed E-state index contributed by atoms with van der Waals surface area (Å²) < 4.78 is 5.56. The Kier molecular flexibility index (Phi) is 4.34. The Morgan fingerprint density at radius 3 is 3.29 bits per heavy atom. The molecule has 0 spiro atoms. The number of hydrogen-bond acceptors (Lipinski definition) is 4. The highest BCUT2D eigenvalue weighted by atomic mass is 16.5. The molecule has 17 heavy (non-hydrogen) atoms. The van der Waals surface area contributed by atoms with Gasteiger partial charge in [-0.1, -0.05) is 0 Å². The average molecular weight is 231 g/mol. The lowest BCUT2D eigenvalue weighted by Crippen LogP contribution is -2.30. The van der Waals surface area contributed by atoms with E-state index in [9.17, 15) is 0 Å². The minimum Gasteiger partial charge on any atom is -0.478 e. The maximum Gasteiger partial charge on any atom is 0.214 e. The van der Waals surface area contributed by atoms with Gasteiger partial charge < -0.3 is 10.1 Å². The SMILES string of the molecule is N#Cc1ccnc(OCCC2CCCNC2)c1. The fourth-order valence-corrected chi connectivity index (χ4v) is 2.06. The van der Waals surface area contributed by atoms with Crippen LogP contribution >= 0.6 is 0 Å². The zero-order valence-corrected chi connectivity index (χ0v) is 9.85. The molecule has 2 heterocycles. The zero-order chi connectivity index (χ0) is 11.9. The second-order valence-electron chi connectivity index (χ2n) is 4.34. The molecule has 1 aromatic rings. The third-order valence-corrected chi connectivity index (χ3v) is 3.04. The van der Waals surface area contributed by atoms with Gasteiger partial charge in [0, 0.05) is 12.3 Å². The molecule has 0 radical (unpaired) electrons. The molecule has 0 aromatic carbocycles. The molecule has 2 rings (SSSR count). The van der Waals surface area contributed by atoms with E-state index in [0.29, 0.717) is 24.0 Å². The van der Waals surface area contributed by atoms with Gasteiger partial charge in [0.15, 0.2) is 0 Å². The van der Waals surface area contributed by atoms with Gasteiger partial charge in [0.2, 0.25) is 5.88 Å². The monoisotopic (exact) mass is 231 g/mol. The van der Waals surface area contributed by atoms with E-state index in [4.69, 9.17) is 10.00 Å². The third kappa shape index (κ3) is 3.72. The maximum atomic E-state index is 8.75. The zero-order valence-electron chi connectivity index (χ0n) is 9.85. The topological polar surface area (TPSA) is 57.9 Å². The van der Waals surface area contributed by atoms with Crippen molar-refractivity contribution in [3.63, 3.8) is 0 Å². The van der Waals surface area contributed by atoms with Gasteiger partial charge in [-0.05, 0) is 44.3 Å². The number of nitrogens with zero attached hydrogens (tertiary/aromatic N) is 2. The summed E-state index contributed by atoms with van der Waals surface area (Å²) in [6.45, 7) is 2.91. The first-order valence-corrected chi connectivity index (χ1v) is 6.08. The van der Waals surface area contributed by atoms with Gasteiger partial charge in [-0.3, -0.25) is 0 Å². The first-order valence-electron chi connectivity index (χ1n) is 6.08. The van der Waals surface area contributed by atoms with Crippen LogP contribution < -0.4 is 10.1 Å². The van der Waals surface area contributed by atoms with Gasteiger partial charge in [0.1, 0.15) is 0 Å². The molecular weight excluding hydrogens is 214 g/mol. The Labute approximate surface area is 102 Å². The molecule has 4 nitrogen and oxygen atoms in total. The number of rotatable bonds is 4. The van der Waals surface area contributed by atoms with Crippen LogP contribution in [0.1, 0.15) is 24.8 Å². The van der Waals surface area contributed by atoms with Crippen molar-refractivity contribution in [1.29, 1.82) is 5.26 Å². The molecule has 90 valence electrons. The summed E-state index contributed by atoms with van der Waals surface area (Å²) in [5, 5.41) is 12.1. The van der Waals surface area contributed by atoms with Crippen LogP contribution in [0.5, 0.6) is 5.88 Å². The molecule has 4 heteroatoms. The lowest BCUT2D eigenvalue weighted by atomic mass is 9.97. The normalized spacial score (nSPS) is 19.6. The summed E-state index contributed by atoms with van der Waals surface area (Å²) in [7, 11) is 0. The highest BCUT2D eigenvalue weighted by Crippen LogP contribution is 2.15. The van der Waals surface area contributed by atoms with Gasteiger partial charge in [-0.15, -0.1) is 0 Å². The van der Waals surface area contributed by atoms with Crippen LogP contribution in [-0.4, -0.2) is 24.7 Å². The molecule has 0 amide bonds. The van der Waals surface area contributed by atoms with E-state index in [2.05, 4.69) is 16.4 Å². The van der Waals surface area contributed by atoms with E-state index >= 15 is 0 Å². The number of pyridine rings is 1. The van der Waals surface area contributed by atoms with E-state index < -0.39 is 0 Å². The van der Waals surface area contributed by atoms with E-state index in [1.165, 1.54) is 12.8 Å². The maximum absolute atomic E-state index is 8.75. The van der Waals surface area contributed by atoms with E-state index in [0.717, 1.165) is 19.5 Å². The van der Waals surface area contributed by atoms with Crippen molar-refractivity contribution >= 4 is 0 Å². The first kappa shape index (κ1) is 11.9. The molecular formula is C13H17N3O. The van der Waals surface area contributed by atoms with Gasteiger partial charge in [0.05, 0.1) is 18.2 Å². The number of piperidine rings is 1. The molecule has 0 bridgehead atoms. The summed E-state index contributed by atoms with van der Waals surface area (Å²) in [4.78, 5) is 4.08. The highest BCUT2D eigenvalue weighted by Gasteiger charge is 2.12. The van der Waals surface area contributed by atoms with Crippen LogP contribution in [0.15, 0.2) is 18.3 Å². The number of aromatic nitrogens is 1. The fraction of sp³-hybridized carbons (Fsp3) is 0.538. The first-order chi connectivity index (χ1) is 8.38. The van der Waals surface area contributed by atoms with Crippen molar-refractivity contribution in [1.82, 2.24) is 10.3 Å². The van der Waals surface area contributed by atoms with E-state index in [-0.39, 0.29) is 0 Å². The molecule has 1 aliphatic heterocycles. The predicted octanol–water partition coefficient (Wildman–Crippen LogP) is 1.72. The summed E-state index contributed by atoms with van der Waals surface area (Å²) in [5.41, 5.74) is 0.592. The molecule has 1 aliphatic rings. The van der Waals surface area contributed by atoms with Crippen LogP contribution in [0.4, 0.5) is 0 Å². The second kappa shape index (κ2) is 6.21. The summed E-state index contributed by atoms with van der Waals surface area (Å²) in [6.07, 6.45) is 5.19. The van der Waals surface area contributed by atoms with Crippen molar-refractivity contribution < 1.29 is 4.74 Å². The van der Waals surface area contributed by atoms with Crippen LogP contribution in [0.25, 0.3) is 0 Å². The molecule has 1 saturated heterocycles. The average Bonchev–Trinajstić information content (AvgIpc) is 2.40. The van der Waals surface area contributed by atoms with Crippen LogP contribution in [0.3, 0.4) is 0 Å². The molecule has 1 unspecified atom stereocenters. The Hall–Kier alpha value is -1.60. The van der Waals surface area contributed by atoms with Crippen LogP contribution in [0.2, 0.25) is 0 Å². The Morgan fingerprint density at radius 2 is 2.53 bits per heavy atom. The number of hydrogen-bond donors (Lipinski definition) is 1. The highest BCUT2D eigenvalue weighted by molar-refractivity contribution is 5.31. The quantitative estimate of drug-likeness (QED) is 0.857. The molecule has 1 aromatic heterocycles. The van der Waals surface area contributed by atoms with Crippen molar-refractivity contribution in [2.24, 2.45) is 5.92 Å². The fourth-order valence-electron chi connectivity index (χ4n) is 2.06. The van der Waals surface area contributed by atoms with E-state index in [1.807, 2.05) is 0 Å². The Balaban J connectivity index is 1.75. The summed E-state index contributed by atoms with van der Waals surface area (Å²) in [6, 6.07) is 5.44. The van der Waals surface area contributed by atoms with Crippen molar-refractivity contribution in [3.05, 3.63) is 23.9 Å². The van der Waals surface area contributed by atoms with Crippen molar-refractivity contribution in [3.8, 4) is 11.9 Å². The largest absolute Gasteiger partial charge is 0.478 e.